The molecule has 0 aromatic rings. The minimum atomic E-state index is 1.10. The zero-order valence-corrected chi connectivity index (χ0v) is 9.17. The fraction of sp³-hybridized carbons (Fsp3) is 0.846. The Morgan fingerprint density at radius 3 is 2.07 bits per heavy atom. The molecule has 2 aliphatic heterocycles. The maximum absolute atomic E-state index is 2.49. The molecule has 0 atom stereocenters. The molecule has 0 aromatic heterocycles. The maximum atomic E-state index is 2.49. The summed E-state index contributed by atoms with van der Waals surface area (Å²) in [5.41, 5.74) is 1.80. The number of hydrogen-bond donors (Lipinski definition) is 0. The highest BCUT2D eigenvalue weighted by atomic mass is 14.3. The van der Waals surface area contributed by atoms with Gasteiger partial charge in [-0.05, 0) is 12.8 Å². The molecule has 2 fully saturated rings. The molecule has 0 nitrogen and oxygen atoms in total. The van der Waals surface area contributed by atoms with Crippen molar-refractivity contribution in [3.63, 3.8) is 0 Å². The Morgan fingerprint density at radius 2 is 1.64 bits per heavy atom. The molecule has 0 N–H and O–H groups in total. The standard InChI is InChI=1S/C13H21B/c1-4-11(5-1)10-14-12-6-2-7-13(14)9-3-8-12/h4,12-13H,1-3,5-10H2. The van der Waals surface area contributed by atoms with Gasteiger partial charge in [-0.15, -0.1) is 0 Å². The molecule has 3 rings (SSSR count). The van der Waals surface area contributed by atoms with Crippen molar-refractivity contribution in [2.75, 3.05) is 0 Å². The van der Waals surface area contributed by atoms with Crippen LogP contribution in [0.2, 0.25) is 18.0 Å². The van der Waals surface area contributed by atoms with Crippen LogP contribution in [0.3, 0.4) is 0 Å². The van der Waals surface area contributed by atoms with E-state index in [0.717, 1.165) is 18.3 Å². The van der Waals surface area contributed by atoms with E-state index in [2.05, 4.69) is 6.08 Å². The summed E-state index contributed by atoms with van der Waals surface area (Å²) in [6, 6.07) is 0. The predicted molar refractivity (Wildman–Crippen MR) is 63.1 cm³/mol. The molecule has 14 heavy (non-hydrogen) atoms. The highest BCUT2D eigenvalue weighted by Gasteiger charge is 2.39. The van der Waals surface area contributed by atoms with Crippen molar-refractivity contribution >= 4 is 6.71 Å². The Kier molecular flexibility index (Phi) is 2.43. The van der Waals surface area contributed by atoms with Crippen molar-refractivity contribution < 1.29 is 0 Å². The molecule has 0 radical (unpaired) electrons. The van der Waals surface area contributed by atoms with Crippen molar-refractivity contribution in [2.45, 2.75) is 69.3 Å². The second-order valence-electron chi connectivity index (χ2n) is 5.65. The third-order valence-electron chi connectivity index (χ3n) is 4.91. The molecule has 2 saturated heterocycles. The van der Waals surface area contributed by atoms with Gasteiger partial charge in [0.1, 0.15) is 0 Å². The molecule has 0 spiro atoms. The Balaban J connectivity index is 1.69. The van der Waals surface area contributed by atoms with E-state index in [1.165, 1.54) is 32.0 Å². The molecule has 0 saturated carbocycles. The predicted octanol–water partition coefficient (Wildman–Crippen LogP) is 4.31. The van der Waals surface area contributed by atoms with Crippen LogP contribution in [0.25, 0.3) is 0 Å². The number of allylic oxidation sites excluding steroid dienone is 2. The molecule has 2 bridgehead atoms. The van der Waals surface area contributed by atoms with Crippen molar-refractivity contribution in [1.82, 2.24) is 0 Å². The molecule has 1 heteroatoms. The van der Waals surface area contributed by atoms with Gasteiger partial charge < -0.3 is 0 Å². The van der Waals surface area contributed by atoms with Gasteiger partial charge in [-0.2, -0.15) is 0 Å². The number of rotatable bonds is 2. The third-order valence-corrected chi connectivity index (χ3v) is 4.91. The lowest BCUT2D eigenvalue weighted by Gasteiger charge is -2.41. The van der Waals surface area contributed by atoms with Crippen LogP contribution >= 0.6 is 0 Å². The number of fused-ring (bicyclic) bond motifs is 2. The summed E-state index contributed by atoms with van der Waals surface area (Å²) >= 11 is 0. The van der Waals surface area contributed by atoms with Gasteiger partial charge in [0.05, 0.1) is 0 Å². The molecule has 0 unspecified atom stereocenters. The van der Waals surface area contributed by atoms with E-state index in [4.69, 9.17) is 0 Å². The van der Waals surface area contributed by atoms with Gasteiger partial charge in [-0.25, -0.2) is 0 Å². The lowest BCUT2D eigenvalue weighted by molar-refractivity contribution is 0.442. The molecule has 0 aromatic carbocycles. The van der Waals surface area contributed by atoms with E-state index >= 15 is 0 Å². The SMILES string of the molecule is C1=C(CB2C3CCCC2CCC3)CC1. The second-order valence-corrected chi connectivity index (χ2v) is 5.65. The van der Waals surface area contributed by atoms with Crippen LogP contribution in [-0.2, 0) is 0 Å². The smallest absolute Gasteiger partial charge is 0.0857 e. The topological polar surface area (TPSA) is 0 Å². The summed E-state index contributed by atoms with van der Waals surface area (Å²) < 4.78 is 0. The lowest BCUT2D eigenvalue weighted by Crippen LogP contribution is -2.35. The molecular weight excluding hydrogens is 167 g/mol. The van der Waals surface area contributed by atoms with Crippen LogP contribution in [0, 0.1) is 0 Å². The largest absolute Gasteiger partial charge is 0.150 e. The highest BCUT2D eigenvalue weighted by molar-refractivity contribution is 6.63. The summed E-state index contributed by atoms with van der Waals surface area (Å²) in [5.74, 6) is 2.23. The van der Waals surface area contributed by atoms with Gasteiger partial charge in [0, 0.05) is 0 Å². The first-order chi connectivity index (χ1) is 6.93. The van der Waals surface area contributed by atoms with Crippen molar-refractivity contribution in [1.29, 1.82) is 0 Å². The first-order valence-corrected chi connectivity index (χ1v) is 6.61. The summed E-state index contributed by atoms with van der Waals surface area (Å²) in [5, 5.41) is 0. The van der Waals surface area contributed by atoms with Gasteiger partial charge in [-0.3, -0.25) is 0 Å². The molecule has 2 heterocycles. The fourth-order valence-corrected chi connectivity index (χ4v) is 3.98. The van der Waals surface area contributed by atoms with Crippen molar-refractivity contribution in [2.24, 2.45) is 0 Å². The first-order valence-electron chi connectivity index (χ1n) is 6.61. The van der Waals surface area contributed by atoms with Crippen LogP contribution in [0.1, 0.15) is 51.4 Å². The molecule has 0 amide bonds. The third kappa shape index (κ3) is 1.55. The van der Waals surface area contributed by atoms with Crippen molar-refractivity contribution in [3.8, 4) is 0 Å². The van der Waals surface area contributed by atoms with Crippen molar-refractivity contribution in [3.05, 3.63) is 11.6 Å². The van der Waals surface area contributed by atoms with Gasteiger partial charge in [-0.1, -0.05) is 68.1 Å². The number of hydrogen-bond acceptors (Lipinski definition) is 0. The average molecular weight is 188 g/mol. The van der Waals surface area contributed by atoms with Crippen LogP contribution < -0.4 is 0 Å². The summed E-state index contributed by atoms with van der Waals surface area (Å²) in [6.45, 7) is 1.10. The zero-order chi connectivity index (χ0) is 9.38. The minimum Gasteiger partial charge on any atom is -0.0857 e. The highest BCUT2D eigenvalue weighted by Crippen LogP contribution is 2.49. The van der Waals surface area contributed by atoms with E-state index in [1.54, 1.807) is 31.3 Å². The van der Waals surface area contributed by atoms with Crippen LogP contribution in [0.5, 0.6) is 0 Å². The van der Waals surface area contributed by atoms with Gasteiger partial charge in [0.2, 0.25) is 0 Å². The normalized spacial score (nSPS) is 36.3. The Morgan fingerprint density at radius 1 is 1.07 bits per heavy atom. The first kappa shape index (κ1) is 9.06. The van der Waals surface area contributed by atoms with Gasteiger partial charge in [0.15, 0.2) is 6.71 Å². The Hall–Kier alpha value is -0.195. The van der Waals surface area contributed by atoms with E-state index in [-0.39, 0.29) is 0 Å². The summed E-state index contributed by atoms with van der Waals surface area (Å²) in [4.78, 5) is 0. The quantitative estimate of drug-likeness (QED) is 0.447. The Bertz CT molecular complexity index is 222. The zero-order valence-electron chi connectivity index (χ0n) is 9.17. The molecule has 3 aliphatic rings. The van der Waals surface area contributed by atoms with E-state index < -0.39 is 0 Å². The van der Waals surface area contributed by atoms with E-state index in [0.29, 0.717) is 0 Å². The second kappa shape index (κ2) is 3.75. The molecular formula is C13H21B. The maximum Gasteiger partial charge on any atom is 0.150 e. The minimum absolute atomic E-state index is 1.10. The molecule has 76 valence electrons. The van der Waals surface area contributed by atoms with E-state index in [1.807, 2.05) is 0 Å². The molecule has 1 aliphatic carbocycles. The van der Waals surface area contributed by atoms with E-state index in [9.17, 15) is 0 Å². The average Bonchev–Trinajstić information content (AvgIpc) is 2.10. The van der Waals surface area contributed by atoms with Gasteiger partial charge >= 0.3 is 0 Å². The lowest BCUT2D eigenvalue weighted by atomic mass is 9.25. The Labute approximate surface area is 88.2 Å². The van der Waals surface area contributed by atoms with Gasteiger partial charge in [0.25, 0.3) is 0 Å². The summed E-state index contributed by atoms with van der Waals surface area (Å²) in [6.07, 6.45) is 16.0. The summed E-state index contributed by atoms with van der Waals surface area (Å²) in [7, 11) is 0. The van der Waals surface area contributed by atoms with Crippen LogP contribution in [0.4, 0.5) is 0 Å². The van der Waals surface area contributed by atoms with Crippen LogP contribution in [0.15, 0.2) is 11.6 Å². The van der Waals surface area contributed by atoms with Crippen LogP contribution in [-0.4, -0.2) is 6.71 Å². The monoisotopic (exact) mass is 188 g/mol. The fourth-order valence-electron chi connectivity index (χ4n) is 3.98.